The zero-order chi connectivity index (χ0) is 13.3. The summed E-state index contributed by atoms with van der Waals surface area (Å²) in [7, 11) is 1.68. The van der Waals surface area contributed by atoms with Crippen LogP contribution in [0.2, 0.25) is 0 Å². The fourth-order valence-corrected chi connectivity index (χ4v) is 2.61. The summed E-state index contributed by atoms with van der Waals surface area (Å²) in [5.74, 6) is -1.34. The lowest BCUT2D eigenvalue weighted by Gasteiger charge is -2.37. The number of aliphatic carboxylic acids is 1. The highest BCUT2D eigenvalue weighted by Crippen LogP contribution is 2.35. The summed E-state index contributed by atoms with van der Waals surface area (Å²) in [5.41, 5.74) is 1.97. The number of aryl methyl sites for hydroxylation is 1. The van der Waals surface area contributed by atoms with Gasteiger partial charge in [-0.05, 0) is 18.9 Å². The van der Waals surface area contributed by atoms with Gasteiger partial charge in [0.2, 0.25) is 5.91 Å². The number of likely N-dealkylation sites (tertiary alicyclic amines) is 1. The van der Waals surface area contributed by atoms with Gasteiger partial charge in [0.1, 0.15) is 0 Å². The molecule has 1 heterocycles. The zero-order valence-electron chi connectivity index (χ0n) is 10.6. The monoisotopic (exact) mass is 247 g/mol. The Morgan fingerprint density at radius 1 is 1.44 bits per heavy atom. The summed E-state index contributed by atoms with van der Waals surface area (Å²) in [6, 6.07) is 7.35. The molecule has 0 aromatic heterocycles. The average Bonchev–Trinajstić information content (AvgIpc) is 2.32. The first kappa shape index (κ1) is 12.6. The number of hydrogen-bond donors (Lipinski definition) is 1. The standard InChI is InChI=1S/C14H17NO3/c1-9-4-3-5-10(8-9)13-11(14(17)18)6-7-12(16)15(13)2/h3-5,8,11,13H,6-7H2,1-2H3,(H,17,18). The van der Waals surface area contributed by atoms with E-state index in [9.17, 15) is 14.7 Å². The van der Waals surface area contributed by atoms with Crippen molar-refractivity contribution in [3.63, 3.8) is 0 Å². The SMILES string of the molecule is Cc1cccc(C2C(C(=O)O)CCC(=O)N2C)c1. The van der Waals surface area contributed by atoms with Crippen LogP contribution in [0.3, 0.4) is 0 Å². The van der Waals surface area contributed by atoms with Gasteiger partial charge >= 0.3 is 5.97 Å². The van der Waals surface area contributed by atoms with Gasteiger partial charge in [-0.2, -0.15) is 0 Å². The summed E-state index contributed by atoms with van der Waals surface area (Å²) in [6.07, 6.45) is 0.729. The molecule has 96 valence electrons. The van der Waals surface area contributed by atoms with E-state index in [0.29, 0.717) is 12.8 Å². The summed E-state index contributed by atoms with van der Waals surface area (Å²) in [6.45, 7) is 1.96. The van der Waals surface area contributed by atoms with Crippen LogP contribution in [-0.2, 0) is 9.59 Å². The lowest BCUT2D eigenvalue weighted by molar-refractivity contribution is -0.150. The van der Waals surface area contributed by atoms with Crippen LogP contribution in [0.5, 0.6) is 0 Å². The Morgan fingerprint density at radius 3 is 2.78 bits per heavy atom. The van der Waals surface area contributed by atoms with Crippen LogP contribution in [0.15, 0.2) is 24.3 Å². The number of benzene rings is 1. The minimum absolute atomic E-state index is 0.0130. The minimum atomic E-state index is -0.833. The molecule has 1 aromatic rings. The van der Waals surface area contributed by atoms with Gasteiger partial charge in [-0.3, -0.25) is 9.59 Å². The summed E-state index contributed by atoms with van der Waals surface area (Å²) >= 11 is 0. The van der Waals surface area contributed by atoms with Crippen molar-refractivity contribution in [1.82, 2.24) is 4.90 Å². The van der Waals surface area contributed by atoms with Crippen LogP contribution < -0.4 is 0 Å². The van der Waals surface area contributed by atoms with E-state index in [2.05, 4.69) is 0 Å². The maximum Gasteiger partial charge on any atom is 0.308 e. The van der Waals surface area contributed by atoms with E-state index in [1.807, 2.05) is 31.2 Å². The Bertz CT molecular complexity index is 484. The first-order chi connectivity index (χ1) is 8.50. The highest BCUT2D eigenvalue weighted by atomic mass is 16.4. The van der Waals surface area contributed by atoms with Crippen molar-refractivity contribution < 1.29 is 14.7 Å². The van der Waals surface area contributed by atoms with Gasteiger partial charge in [-0.1, -0.05) is 29.8 Å². The van der Waals surface area contributed by atoms with Gasteiger partial charge < -0.3 is 10.0 Å². The molecule has 18 heavy (non-hydrogen) atoms. The van der Waals surface area contributed by atoms with Crippen LogP contribution in [0.4, 0.5) is 0 Å². The third kappa shape index (κ3) is 2.23. The first-order valence-electron chi connectivity index (χ1n) is 6.05. The molecular weight excluding hydrogens is 230 g/mol. The van der Waals surface area contributed by atoms with Crippen molar-refractivity contribution in [3.05, 3.63) is 35.4 Å². The van der Waals surface area contributed by atoms with Crippen LogP contribution in [0.1, 0.15) is 30.0 Å². The molecule has 1 amide bonds. The van der Waals surface area contributed by atoms with Crippen molar-refractivity contribution in [1.29, 1.82) is 0 Å². The Hall–Kier alpha value is -1.84. The number of carbonyl (C=O) groups is 2. The third-order valence-corrected chi connectivity index (χ3v) is 3.56. The number of hydrogen-bond acceptors (Lipinski definition) is 2. The van der Waals surface area contributed by atoms with Crippen LogP contribution >= 0.6 is 0 Å². The summed E-state index contributed by atoms with van der Waals surface area (Å²) < 4.78 is 0. The molecule has 4 nitrogen and oxygen atoms in total. The molecule has 0 bridgehead atoms. The van der Waals surface area contributed by atoms with E-state index in [4.69, 9.17) is 0 Å². The number of carboxylic acids is 1. The highest BCUT2D eigenvalue weighted by molar-refractivity contribution is 5.81. The van der Waals surface area contributed by atoms with Crippen molar-refractivity contribution in [3.8, 4) is 0 Å². The maximum atomic E-state index is 11.8. The molecule has 1 aliphatic rings. The molecule has 0 aliphatic carbocycles. The van der Waals surface area contributed by atoms with Crippen molar-refractivity contribution in [2.45, 2.75) is 25.8 Å². The molecule has 1 N–H and O–H groups in total. The van der Waals surface area contributed by atoms with Crippen molar-refractivity contribution >= 4 is 11.9 Å². The fraction of sp³-hybridized carbons (Fsp3) is 0.429. The molecule has 1 fully saturated rings. The van der Waals surface area contributed by atoms with E-state index in [-0.39, 0.29) is 11.9 Å². The molecule has 4 heteroatoms. The second kappa shape index (κ2) is 4.80. The number of carbonyl (C=O) groups excluding carboxylic acids is 1. The minimum Gasteiger partial charge on any atom is -0.481 e. The molecule has 0 spiro atoms. The quantitative estimate of drug-likeness (QED) is 0.869. The second-order valence-corrected chi connectivity index (χ2v) is 4.85. The molecule has 1 aliphatic heterocycles. The van der Waals surface area contributed by atoms with E-state index >= 15 is 0 Å². The molecule has 1 aromatic carbocycles. The smallest absolute Gasteiger partial charge is 0.308 e. The summed E-state index contributed by atoms with van der Waals surface area (Å²) in [5, 5.41) is 9.31. The van der Waals surface area contributed by atoms with Gasteiger partial charge in [-0.15, -0.1) is 0 Å². The Morgan fingerprint density at radius 2 is 2.17 bits per heavy atom. The Balaban J connectivity index is 2.41. The predicted molar refractivity (Wildman–Crippen MR) is 67.0 cm³/mol. The Labute approximate surface area is 106 Å². The predicted octanol–water partition coefficient (Wildman–Crippen LogP) is 1.99. The molecule has 1 saturated heterocycles. The number of piperidine rings is 1. The van der Waals surface area contributed by atoms with E-state index in [1.165, 1.54) is 0 Å². The largest absolute Gasteiger partial charge is 0.481 e. The third-order valence-electron chi connectivity index (χ3n) is 3.56. The van der Waals surface area contributed by atoms with Gasteiger partial charge in [0, 0.05) is 13.5 Å². The first-order valence-corrected chi connectivity index (χ1v) is 6.05. The molecular formula is C14H17NO3. The second-order valence-electron chi connectivity index (χ2n) is 4.85. The molecule has 2 unspecified atom stereocenters. The molecule has 0 radical (unpaired) electrons. The van der Waals surface area contributed by atoms with Gasteiger partial charge in [0.05, 0.1) is 12.0 Å². The normalized spacial score (nSPS) is 24.1. The number of rotatable bonds is 2. The van der Waals surface area contributed by atoms with Crippen LogP contribution in [-0.4, -0.2) is 28.9 Å². The maximum absolute atomic E-state index is 11.8. The zero-order valence-corrected chi connectivity index (χ0v) is 10.6. The van der Waals surface area contributed by atoms with E-state index in [1.54, 1.807) is 11.9 Å². The highest BCUT2D eigenvalue weighted by Gasteiger charge is 2.38. The number of amides is 1. The molecule has 2 atom stereocenters. The summed E-state index contributed by atoms with van der Waals surface area (Å²) in [4.78, 5) is 24.7. The van der Waals surface area contributed by atoms with Gasteiger partial charge in [0.15, 0.2) is 0 Å². The number of carboxylic acid groups (broad SMARTS) is 1. The van der Waals surface area contributed by atoms with E-state index < -0.39 is 11.9 Å². The lowest BCUT2D eigenvalue weighted by Crippen LogP contribution is -2.43. The fourth-order valence-electron chi connectivity index (χ4n) is 2.61. The molecule has 0 saturated carbocycles. The number of nitrogens with zero attached hydrogens (tertiary/aromatic N) is 1. The topological polar surface area (TPSA) is 57.6 Å². The lowest BCUT2D eigenvalue weighted by atomic mass is 9.84. The average molecular weight is 247 g/mol. The van der Waals surface area contributed by atoms with E-state index in [0.717, 1.165) is 11.1 Å². The van der Waals surface area contributed by atoms with Crippen molar-refractivity contribution in [2.24, 2.45) is 5.92 Å². The van der Waals surface area contributed by atoms with Gasteiger partial charge in [0.25, 0.3) is 0 Å². The van der Waals surface area contributed by atoms with Gasteiger partial charge in [-0.25, -0.2) is 0 Å². The molecule has 2 rings (SSSR count). The van der Waals surface area contributed by atoms with Crippen molar-refractivity contribution in [2.75, 3.05) is 7.05 Å². The Kier molecular flexibility index (Phi) is 3.36. The van der Waals surface area contributed by atoms with Crippen LogP contribution in [0.25, 0.3) is 0 Å². The van der Waals surface area contributed by atoms with Crippen LogP contribution in [0, 0.1) is 12.8 Å².